The molecule has 1 heterocycles. The van der Waals surface area contributed by atoms with Gasteiger partial charge in [0.15, 0.2) is 0 Å². The highest BCUT2D eigenvalue weighted by Crippen LogP contribution is 2.20. The maximum atomic E-state index is 6.02. The summed E-state index contributed by atoms with van der Waals surface area (Å²) in [5.41, 5.74) is 1.24. The van der Waals surface area contributed by atoms with E-state index in [0.717, 1.165) is 37.0 Å². The van der Waals surface area contributed by atoms with Crippen molar-refractivity contribution < 1.29 is 0 Å². The average Bonchev–Trinajstić information content (AvgIpc) is 2.37. The van der Waals surface area contributed by atoms with Crippen molar-refractivity contribution in [3.8, 4) is 0 Å². The lowest BCUT2D eigenvalue weighted by Gasteiger charge is -2.36. The number of hydrogen-bond acceptors (Lipinski definition) is 3. The van der Waals surface area contributed by atoms with Crippen molar-refractivity contribution in [2.45, 2.75) is 6.42 Å². The molecule has 17 heavy (non-hydrogen) atoms. The van der Waals surface area contributed by atoms with Gasteiger partial charge in [-0.05, 0) is 36.9 Å². The SMILES string of the molecule is SCCCN1CCN(c2cccc(Cl)c2)CC1. The van der Waals surface area contributed by atoms with Gasteiger partial charge >= 0.3 is 0 Å². The van der Waals surface area contributed by atoms with Gasteiger partial charge in [0.05, 0.1) is 0 Å². The summed E-state index contributed by atoms with van der Waals surface area (Å²) >= 11 is 10.3. The molecule has 1 fully saturated rings. The molecule has 0 spiro atoms. The van der Waals surface area contributed by atoms with Crippen LogP contribution in [0.4, 0.5) is 5.69 Å². The van der Waals surface area contributed by atoms with Gasteiger partial charge in [0.2, 0.25) is 0 Å². The fourth-order valence-electron chi connectivity index (χ4n) is 2.20. The Labute approximate surface area is 114 Å². The van der Waals surface area contributed by atoms with E-state index in [-0.39, 0.29) is 0 Å². The predicted molar refractivity (Wildman–Crippen MR) is 78.6 cm³/mol. The summed E-state index contributed by atoms with van der Waals surface area (Å²) in [4.78, 5) is 4.92. The minimum absolute atomic E-state index is 0.819. The molecule has 1 aliphatic rings. The first-order valence-electron chi connectivity index (χ1n) is 6.13. The molecule has 0 atom stereocenters. The lowest BCUT2D eigenvalue weighted by Crippen LogP contribution is -2.46. The van der Waals surface area contributed by atoms with Crippen LogP contribution in [0.5, 0.6) is 0 Å². The molecule has 94 valence electrons. The summed E-state index contributed by atoms with van der Waals surface area (Å²) in [5, 5.41) is 0.819. The summed E-state index contributed by atoms with van der Waals surface area (Å²) in [7, 11) is 0. The molecule has 2 nitrogen and oxygen atoms in total. The number of benzene rings is 1. The number of piperazine rings is 1. The smallest absolute Gasteiger partial charge is 0.0426 e. The maximum absolute atomic E-state index is 6.02. The minimum atomic E-state index is 0.819. The van der Waals surface area contributed by atoms with Gasteiger partial charge in [-0.1, -0.05) is 17.7 Å². The maximum Gasteiger partial charge on any atom is 0.0426 e. The van der Waals surface area contributed by atoms with Gasteiger partial charge in [0.25, 0.3) is 0 Å². The van der Waals surface area contributed by atoms with Gasteiger partial charge in [-0.3, -0.25) is 4.90 Å². The molecule has 0 N–H and O–H groups in total. The molecule has 1 aromatic carbocycles. The third-order valence-electron chi connectivity index (χ3n) is 3.18. The summed E-state index contributed by atoms with van der Waals surface area (Å²) in [5.74, 6) is 0.981. The molecule has 0 aliphatic carbocycles. The third-order valence-corrected chi connectivity index (χ3v) is 3.73. The number of thiol groups is 1. The van der Waals surface area contributed by atoms with E-state index < -0.39 is 0 Å². The minimum Gasteiger partial charge on any atom is -0.369 e. The van der Waals surface area contributed by atoms with Crippen LogP contribution in [-0.2, 0) is 0 Å². The highest BCUT2D eigenvalue weighted by Gasteiger charge is 2.16. The normalized spacial score (nSPS) is 17.4. The van der Waals surface area contributed by atoms with E-state index in [0.29, 0.717) is 0 Å². The highest BCUT2D eigenvalue weighted by molar-refractivity contribution is 7.80. The first kappa shape index (κ1) is 13.1. The summed E-state index contributed by atoms with van der Waals surface area (Å²) in [6.45, 7) is 5.63. The van der Waals surface area contributed by atoms with Crippen LogP contribution in [0.3, 0.4) is 0 Å². The van der Waals surface area contributed by atoms with E-state index in [1.165, 1.54) is 18.7 Å². The van der Waals surface area contributed by atoms with Crippen LogP contribution in [0.2, 0.25) is 5.02 Å². The number of nitrogens with zero attached hydrogens (tertiary/aromatic N) is 2. The van der Waals surface area contributed by atoms with Crippen LogP contribution in [0.15, 0.2) is 24.3 Å². The Morgan fingerprint density at radius 1 is 1.18 bits per heavy atom. The zero-order valence-corrected chi connectivity index (χ0v) is 11.6. The molecule has 4 heteroatoms. The molecule has 2 rings (SSSR count). The Hall–Kier alpha value is -0.380. The van der Waals surface area contributed by atoms with Crippen LogP contribution >= 0.6 is 24.2 Å². The van der Waals surface area contributed by atoms with Crippen molar-refractivity contribution in [3.05, 3.63) is 29.3 Å². The lowest BCUT2D eigenvalue weighted by molar-refractivity contribution is 0.259. The zero-order valence-electron chi connectivity index (χ0n) is 9.98. The van der Waals surface area contributed by atoms with Crippen molar-refractivity contribution in [1.82, 2.24) is 4.90 Å². The molecule has 0 aromatic heterocycles. The zero-order chi connectivity index (χ0) is 12.1. The Morgan fingerprint density at radius 2 is 1.94 bits per heavy atom. The average molecular weight is 271 g/mol. The molecule has 0 saturated carbocycles. The van der Waals surface area contributed by atoms with E-state index in [9.17, 15) is 0 Å². The number of hydrogen-bond donors (Lipinski definition) is 1. The van der Waals surface area contributed by atoms with Crippen LogP contribution in [0.25, 0.3) is 0 Å². The van der Waals surface area contributed by atoms with Crippen molar-refractivity contribution >= 4 is 29.9 Å². The second-order valence-electron chi connectivity index (χ2n) is 4.39. The molecule has 0 radical (unpaired) electrons. The van der Waals surface area contributed by atoms with E-state index >= 15 is 0 Å². The van der Waals surface area contributed by atoms with Crippen LogP contribution in [-0.4, -0.2) is 43.4 Å². The van der Waals surface area contributed by atoms with Crippen LogP contribution in [0.1, 0.15) is 6.42 Å². The van der Waals surface area contributed by atoms with Crippen molar-refractivity contribution in [3.63, 3.8) is 0 Å². The monoisotopic (exact) mass is 270 g/mol. The molecule has 1 aliphatic heterocycles. The Balaban J connectivity index is 1.86. The second kappa shape index (κ2) is 6.53. The highest BCUT2D eigenvalue weighted by atomic mass is 35.5. The van der Waals surface area contributed by atoms with E-state index in [4.69, 9.17) is 11.6 Å². The van der Waals surface area contributed by atoms with Gasteiger partial charge in [-0.25, -0.2) is 0 Å². The number of anilines is 1. The Bertz CT molecular complexity index is 351. The van der Waals surface area contributed by atoms with Crippen LogP contribution < -0.4 is 4.90 Å². The van der Waals surface area contributed by atoms with Crippen molar-refractivity contribution in [2.24, 2.45) is 0 Å². The van der Waals surface area contributed by atoms with Gasteiger partial charge in [0.1, 0.15) is 0 Å². The Morgan fingerprint density at radius 3 is 2.59 bits per heavy atom. The lowest BCUT2D eigenvalue weighted by atomic mass is 10.2. The molecule has 0 unspecified atom stereocenters. The van der Waals surface area contributed by atoms with Gasteiger partial charge in [-0.2, -0.15) is 12.6 Å². The number of rotatable bonds is 4. The standard InChI is InChI=1S/C13H19ClN2S/c14-12-3-1-4-13(11-12)16-8-6-15(7-9-16)5-2-10-17/h1,3-4,11,17H,2,5-10H2. The first-order chi connectivity index (χ1) is 8.29. The third kappa shape index (κ3) is 3.80. The van der Waals surface area contributed by atoms with Crippen LogP contribution in [0, 0.1) is 0 Å². The predicted octanol–water partition coefficient (Wildman–Crippen LogP) is 2.78. The Kier molecular flexibility index (Phi) is 5.01. The van der Waals surface area contributed by atoms with Gasteiger partial charge in [0, 0.05) is 36.9 Å². The molecule has 1 saturated heterocycles. The van der Waals surface area contributed by atoms with E-state index in [1.54, 1.807) is 0 Å². The van der Waals surface area contributed by atoms with Gasteiger partial charge in [-0.15, -0.1) is 0 Å². The molecule has 0 bridgehead atoms. The quantitative estimate of drug-likeness (QED) is 0.841. The first-order valence-corrected chi connectivity index (χ1v) is 7.14. The van der Waals surface area contributed by atoms with E-state index in [2.05, 4.69) is 28.5 Å². The van der Waals surface area contributed by atoms with Crippen molar-refractivity contribution in [2.75, 3.05) is 43.4 Å². The topological polar surface area (TPSA) is 6.48 Å². The summed E-state index contributed by atoms with van der Waals surface area (Å²) in [6, 6.07) is 8.12. The van der Waals surface area contributed by atoms with Gasteiger partial charge < -0.3 is 4.90 Å². The molecule has 0 amide bonds. The second-order valence-corrected chi connectivity index (χ2v) is 5.27. The molecular formula is C13H19ClN2S. The molecule has 1 aromatic rings. The fraction of sp³-hybridized carbons (Fsp3) is 0.538. The van der Waals surface area contributed by atoms with Crippen molar-refractivity contribution in [1.29, 1.82) is 0 Å². The molecular weight excluding hydrogens is 252 g/mol. The largest absolute Gasteiger partial charge is 0.369 e. The summed E-state index contributed by atoms with van der Waals surface area (Å²) in [6.07, 6.45) is 1.18. The number of halogens is 1. The fourth-order valence-corrected chi connectivity index (χ4v) is 2.52. The van der Waals surface area contributed by atoms with E-state index in [1.807, 2.05) is 18.2 Å². The summed E-state index contributed by atoms with van der Waals surface area (Å²) < 4.78 is 0.